The number of benzene rings is 2. The molecule has 0 bridgehead atoms. The Bertz CT molecular complexity index is 1090. The summed E-state index contributed by atoms with van der Waals surface area (Å²) in [5.74, 6) is -0.423. The Labute approximate surface area is 175 Å². The van der Waals surface area contributed by atoms with Crippen LogP contribution in [0.25, 0.3) is 5.69 Å². The molecule has 0 aliphatic carbocycles. The highest BCUT2D eigenvalue weighted by atomic mass is 35.5. The lowest BCUT2D eigenvalue weighted by Crippen LogP contribution is -2.31. The van der Waals surface area contributed by atoms with Gasteiger partial charge in [-0.25, -0.2) is 13.4 Å². The second-order valence-electron chi connectivity index (χ2n) is 6.21. The highest BCUT2D eigenvalue weighted by Gasteiger charge is 2.25. The Hall–Kier alpha value is -2.68. The van der Waals surface area contributed by atoms with Crippen molar-refractivity contribution in [2.75, 3.05) is 18.4 Å². The Morgan fingerprint density at radius 2 is 1.83 bits per heavy atom. The van der Waals surface area contributed by atoms with E-state index >= 15 is 0 Å². The van der Waals surface area contributed by atoms with Gasteiger partial charge in [0.2, 0.25) is 10.0 Å². The van der Waals surface area contributed by atoms with E-state index < -0.39 is 15.9 Å². The minimum atomic E-state index is -3.78. The van der Waals surface area contributed by atoms with Crippen LogP contribution in [0, 0.1) is 0 Å². The summed E-state index contributed by atoms with van der Waals surface area (Å²) in [4.78, 5) is 16.6. The van der Waals surface area contributed by atoms with E-state index in [1.807, 2.05) is 22.9 Å². The molecule has 0 spiro atoms. The second kappa shape index (κ2) is 8.77. The standard InChI is InChI=1S/C20H21ClN4O3S/c1-3-25(4-2)29(27,28)19-13-15(5-10-18(19)21)20(26)23-16-6-8-17(9-7-16)24-12-11-22-14-24/h5-14H,3-4H2,1-2H3,(H,23,26). The molecule has 29 heavy (non-hydrogen) atoms. The van der Waals surface area contributed by atoms with Gasteiger partial charge in [0.05, 0.1) is 11.3 Å². The summed E-state index contributed by atoms with van der Waals surface area (Å²) >= 11 is 6.12. The van der Waals surface area contributed by atoms with Gasteiger partial charge < -0.3 is 9.88 Å². The zero-order chi connectivity index (χ0) is 21.0. The van der Waals surface area contributed by atoms with Gasteiger partial charge in [-0.3, -0.25) is 4.79 Å². The summed E-state index contributed by atoms with van der Waals surface area (Å²) in [6.07, 6.45) is 5.18. The molecular formula is C20H21ClN4O3S. The van der Waals surface area contributed by atoms with Gasteiger partial charge in [0, 0.05) is 42.4 Å². The van der Waals surface area contributed by atoms with Gasteiger partial charge >= 0.3 is 0 Å². The summed E-state index contributed by atoms with van der Waals surface area (Å²) in [6.45, 7) is 4.13. The predicted molar refractivity (Wildman–Crippen MR) is 113 cm³/mol. The molecule has 1 heterocycles. The van der Waals surface area contributed by atoms with Gasteiger partial charge in [-0.15, -0.1) is 0 Å². The average Bonchev–Trinajstić information content (AvgIpc) is 3.24. The summed E-state index contributed by atoms with van der Waals surface area (Å²) in [6, 6.07) is 11.4. The number of rotatable bonds is 7. The molecule has 0 aliphatic rings. The first kappa shape index (κ1) is 21.0. The van der Waals surface area contributed by atoms with E-state index in [-0.39, 0.29) is 15.5 Å². The minimum absolute atomic E-state index is 0.0778. The molecule has 2 aromatic carbocycles. The fourth-order valence-corrected chi connectivity index (χ4v) is 4.84. The quantitative estimate of drug-likeness (QED) is 0.615. The van der Waals surface area contributed by atoms with Crippen LogP contribution in [0.3, 0.4) is 0 Å². The lowest BCUT2D eigenvalue weighted by atomic mass is 10.2. The smallest absolute Gasteiger partial charge is 0.255 e. The van der Waals surface area contributed by atoms with E-state index in [0.717, 1.165) is 5.69 Å². The molecule has 0 saturated carbocycles. The third-order valence-electron chi connectivity index (χ3n) is 4.44. The number of sulfonamides is 1. The molecular weight excluding hydrogens is 412 g/mol. The van der Waals surface area contributed by atoms with E-state index in [0.29, 0.717) is 18.8 Å². The first-order valence-corrected chi connectivity index (χ1v) is 10.9. The lowest BCUT2D eigenvalue weighted by molar-refractivity contribution is 0.102. The fourth-order valence-electron chi connectivity index (χ4n) is 2.88. The zero-order valence-corrected chi connectivity index (χ0v) is 17.6. The number of aromatic nitrogens is 2. The number of anilines is 1. The van der Waals surface area contributed by atoms with E-state index in [1.54, 1.807) is 38.5 Å². The fraction of sp³-hybridized carbons (Fsp3) is 0.200. The van der Waals surface area contributed by atoms with Gasteiger partial charge in [-0.1, -0.05) is 25.4 Å². The van der Waals surface area contributed by atoms with Crippen LogP contribution in [0.5, 0.6) is 0 Å². The number of hydrogen-bond donors (Lipinski definition) is 1. The first-order valence-electron chi connectivity index (χ1n) is 9.06. The monoisotopic (exact) mass is 432 g/mol. The van der Waals surface area contributed by atoms with Crippen molar-refractivity contribution in [3.05, 3.63) is 71.8 Å². The molecule has 1 aromatic heterocycles. The Balaban J connectivity index is 1.83. The molecule has 7 nitrogen and oxygen atoms in total. The maximum Gasteiger partial charge on any atom is 0.255 e. The number of halogens is 1. The third-order valence-corrected chi connectivity index (χ3v) is 6.98. The largest absolute Gasteiger partial charge is 0.322 e. The summed E-state index contributed by atoms with van der Waals surface area (Å²) in [5.41, 5.74) is 1.69. The maximum atomic E-state index is 12.8. The summed E-state index contributed by atoms with van der Waals surface area (Å²) < 4.78 is 28.7. The summed E-state index contributed by atoms with van der Waals surface area (Å²) in [5, 5.41) is 2.85. The SMILES string of the molecule is CCN(CC)S(=O)(=O)c1cc(C(=O)Nc2ccc(-n3ccnc3)cc2)ccc1Cl. The highest BCUT2D eigenvalue weighted by molar-refractivity contribution is 7.89. The van der Waals surface area contributed by atoms with Crippen LogP contribution in [-0.4, -0.2) is 41.3 Å². The number of carbonyl (C=O) groups excluding carboxylic acids is 1. The van der Waals surface area contributed by atoms with Crippen molar-refractivity contribution in [2.45, 2.75) is 18.7 Å². The number of hydrogen-bond acceptors (Lipinski definition) is 4. The second-order valence-corrected chi connectivity index (χ2v) is 8.52. The van der Waals surface area contributed by atoms with E-state index in [2.05, 4.69) is 10.3 Å². The van der Waals surface area contributed by atoms with Crippen molar-refractivity contribution in [3.63, 3.8) is 0 Å². The molecule has 0 saturated heterocycles. The average molecular weight is 433 g/mol. The van der Waals surface area contributed by atoms with E-state index in [9.17, 15) is 13.2 Å². The number of nitrogens with one attached hydrogen (secondary N) is 1. The number of imidazole rings is 1. The number of nitrogens with zero attached hydrogens (tertiary/aromatic N) is 3. The first-order chi connectivity index (χ1) is 13.9. The zero-order valence-electron chi connectivity index (χ0n) is 16.0. The molecule has 0 atom stereocenters. The molecule has 0 radical (unpaired) electrons. The van der Waals surface area contributed by atoms with Gasteiger partial charge in [-0.2, -0.15) is 4.31 Å². The van der Waals surface area contributed by atoms with E-state index in [1.165, 1.54) is 22.5 Å². The maximum absolute atomic E-state index is 12.8. The van der Waals surface area contributed by atoms with Crippen molar-refractivity contribution in [1.29, 1.82) is 0 Å². The van der Waals surface area contributed by atoms with Crippen molar-refractivity contribution >= 4 is 33.2 Å². The molecule has 1 N–H and O–H groups in total. The van der Waals surface area contributed by atoms with Gasteiger partial charge in [0.15, 0.2) is 0 Å². The minimum Gasteiger partial charge on any atom is -0.322 e. The Morgan fingerprint density at radius 3 is 2.41 bits per heavy atom. The van der Waals surface area contributed by atoms with Crippen LogP contribution >= 0.6 is 11.6 Å². The Kier molecular flexibility index (Phi) is 6.36. The van der Waals surface area contributed by atoms with Crippen LogP contribution in [0.4, 0.5) is 5.69 Å². The number of carbonyl (C=O) groups is 1. The molecule has 3 aromatic rings. The molecule has 9 heteroatoms. The molecule has 0 unspecified atom stereocenters. The summed E-state index contributed by atoms with van der Waals surface area (Å²) in [7, 11) is -3.78. The van der Waals surface area contributed by atoms with Crippen LogP contribution in [0.15, 0.2) is 66.1 Å². The van der Waals surface area contributed by atoms with Crippen molar-refractivity contribution in [2.24, 2.45) is 0 Å². The van der Waals surface area contributed by atoms with Crippen molar-refractivity contribution in [1.82, 2.24) is 13.9 Å². The topological polar surface area (TPSA) is 84.3 Å². The van der Waals surface area contributed by atoms with Crippen LogP contribution < -0.4 is 5.32 Å². The molecule has 152 valence electrons. The molecule has 1 amide bonds. The number of amides is 1. The Morgan fingerprint density at radius 1 is 1.14 bits per heavy atom. The van der Waals surface area contributed by atoms with Crippen LogP contribution in [-0.2, 0) is 10.0 Å². The third kappa shape index (κ3) is 4.50. The predicted octanol–water partition coefficient (Wildman–Crippen LogP) is 3.81. The normalized spacial score (nSPS) is 11.6. The van der Waals surface area contributed by atoms with E-state index in [4.69, 9.17) is 11.6 Å². The van der Waals surface area contributed by atoms with Crippen molar-refractivity contribution < 1.29 is 13.2 Å². The van der Waals surface area contributed by atoms with Gasteiger partial charge in [0.1, 0.15) is 4.90 Å². The molecule has 0 fully saturated rings. The molecule has 0 aliphatic heterocycles. The van der Waals surface area contributed by atoms with Crippen LogP contribution in [0.2, 0.25) is 5.02 Å². The van der Waals surface area contributed by atoms with Crippen molar-refractivity contribution in [3.8, 4) is 5.69 Å². The highest BCUT2D eigenvalue weighted by Crippen LogP contribution is 2.26. The van der Waals surface area contributed by atoms with Crippen LogP contribution in [0.1, 0.15) is 24.2 Å². The molecule has 3 rings (SSSR count). The van der Waals surface area contributed by atoms with Gasteiger partial charge in [0.25, 0.3) is 5.91 Å². The van der Waals surface area contributed by atoms with Gasteiger partial charge in [-0.05, 0) is 42.5 Å². The lowest BCUT2D eigenvalue weighted by Gasteiger charge is -2.19.